The minimum atomic E-state index is 0.0474. The van der Waals surface area contributed by atoms with E-state index in [9.17, 15) is 4.79 Å². The second-order valence-corrected chi connectivity index (χ2v) is 6.25. The Hall–Kier alpha value is -1.62. The smallest absolute Gasteiger partial charge is 0.222 e. The largest absolute Gasteiger partial charge is 0.395 e. The molecule has 0 saturated carbocycles. The molecule has 3 heterocycles. The van der Waals surface area contributed by atoms with Crippen molar-refractivity contribution in [1.82, 2.24) is 9.88 Å². The Morgan fingerprint density at radius 2 is 2.19 bits per heavy atom. The van der Waals surface area contributed by atoms with E-state index in [1.807, 2.05) is 23.2 Å². The number of nitrogens with zero attached hydrogens (tertiary/aromatic N) is 3. The van der Waals surface area contributed by atoms with Crippen molar-refractivity contribution < 1.29 is 9.90 Å². The van der Waals surface area contributed by atoms with Gasteiger partial charge in [0, 0.05) is 44.2 Å². The third-order valence-electron chi connectivity index (χ3n) is 4.75. The summed E-state index contributed by atoms with van der Waals surface area (Å²) >= 11 is 0. The molecule has 5 heteroatoms. The third-order valence-corrected chi connectivity index (χ3v) is 4.75. The quantitative estimate of drug-likeness (QED) is 0.911. The van der Waals surface area contributed by atoms with Crippen molar-refractivity contribution in [1.29, 1.82) is 0 Å². The maximum Gasteiger partial charge on any atom is 0.222 e. The standard InChI is InChI=1S/C16H23N3O2/c20-11-10-19-13-16(7-5-15(19)21)6-3-9-18(12-16)14-4-1-2-8-17-14/h1-2,4,8,20H,3,5-7,9-13H2/t16-/m0/s1. The third kappa shape index (κ3) is 3.02. The normalized spacial score (nSPS) is 26.4. The molecule has 1 aromatic heterocycles. The van der Waals surface area contributed by atoms with Crippen LogP contribution in [0.3, 0.4) is 0 Å². The molecule has 2 aliphatic heterocycles. The number of piperidine rings is 2. The fraction of sp³-hybridized carbons (Fsp3) is 0.625. The van der Waals surface area contributed by atoms with Crippen molar-refractivity contribution in [3.8, 4) is 0 Å². The molecule has 1 spiro atoms. The van der Waals surface area contributed by atoms with Crippen LogP contribution in [0.25, 0.3) is 0 Å². The zero-order valence-corrected chi connectivity index (χ0v) is 12.4. The van der Waals surface area contributed by atoms with Crippen molar-refractivity contribution in [2.75, 3.05) is 37.7 Å². The Kier molecular flexibility index (Phi) is 4.10. The molecule has 3 rings (SSSR count). The van der Waals surface area contributed by atoms with Gasteiger partial charge in [-0.25, -0.2) is 4.98 Å². The molecule has 0 aliphatic carbocycles. The van der Waals surface area contributed by atoms with Crippen LogP contribution in [0.4, 0.5) is 5.82 Å². The number of pyridine rings is 1. The van der Waals surface area contributed by atoms with Gasteiger partial charge in [-0.15, -0.1) is 0 Å². The summed E-state index contributed by atoms with van der Waals surface area (Å²) in [6, 6.07) is 6.01. The van der Waals surface area contributed by atoms with Gasteiger partial charge in [-0.1, -0.05) is 6.07 Å². The maximum absolute atomic E-state index is 12.0. The minimum Gasteiger partial charge on any atom is -0.395 e. The van der Waals surface area contributed by atoms with E-state index in [1.165, 1.54) is 0 Å². The van der Waals surface area contributed by atoms with Crippen LogP contribution in [-0.2, 0) is 4.79 Å². The van der Waals surface area contributed by atoms with Crippen molar-refractivity contribution in [3.05, 3.63) is 24.4 Å². The fourth-order valence-electron chi connectivity index (χ4n) is 3.70. The van der Waals surface area contributed by atoms with E-state index in [2.05, 4.69) is 16.0 Å². The summed E-state index contributed by atoms with van der Waals surface area (Å²) in [7, 11) is 0. The topological polar surface area (TPSA) is 56.7 Å². The van der Waals surface area contributed by atoms with Crippen LogP contribution in [0.2, 0.25) is 0 Å². The second kappa shape index (κ2) is 6.02. The number of anilines is 1. The zero-order valence-electron chi connectivity index (χ0n) is 12.4. The van der Waals surface area contributed by atoms with Gasteiger partial charge < -0.3 is 14.9 Å². The monoisotopic (exact) mass is 289 g/mol. The van der Waals surface area contributed by atoms with Crippen LogP contribution < -0.4 is 4.90 Å². The molecular formula is C16H23N3O2. The number of likely N-dealkylation sites (tertiary alicyclic amines) is 1. The first-order valence-corrected chi connectivity index (χ1v) is 7.77. The Labute approximate surface area is 125 Å². The van der Waals surface area contributed by atoms with Gasteiger partial charge in [0.05, 0.1) is 6.61 Å². The number of rotatable bonds is 3. The average Bonchev–Trinajstić information content (AvgIpc) is 2.53. The summed E-state index contributed by atoms with van der Waals surface area (Å²) in [6.45, 7) is 3.28. The van der Waals surface area contributed by atoms with Gasteiger partial charge >= 0.3 is 0 Å². The van der Waals surface area contributed by atoms with Gasteiger partial charge in [0.1, 0.15) is 5.82 Å². The number of aliphatic hydroxyl groups excluding tert-OH is 1. The lowest BCUT2D eigenvalue weighted by Crippen LogP contribution is -2.54. The van der Waals surface area contributed by atoms with E-state index in [0.29, 0.717) is 13.0 Å². The lowest BCUT2D eigenvalue weighted by Gasteiger charge is -2.48. The molecule has 1 N–H and O–H groups in total. The molecule has 114 valence electrons. The molecule has 0 bridgehead atoms. The number of aromatic nitrogens is 1. The number of hydrogen-bond donors (Lipinski definition) is 1. The predicted octanol–water partition coefficient (Wildman–Crippen LogP) is 1.28. The molecule has 21 heavy (non-hydrogen) atoms. The Bertz CT molecular complexity index is 494. The number of amides is 1. The summed E-state index contributed by atoms with van der Waals surface area (Å²) in [5.74, 6) is 1.21. The van der Waals surface area contributed by atoms with Gasteiger partial charge in [0.15, 0.2) is 0 Å². The van der Waals surface area contributed by atoms with E-state index >= 15 is 0 Å². The molecular weight excluding hydrogens is 266 g/mol. The Morgan fingerprint density at radius 3 is 2.95 bits per heavy atom. The summed E-state index contributed by atoms with van der Waals surface area (Å²) in [5, 5.41) is 9.14. The van der Waals surface area contributed by atoms with Crippen molar-refractivity contribution in [3.63, 3.8) is 0 Å². The second-order valence-electron chi connectivity index (χ2n) is 6.25. The van der Waals surface area contributed by atoms with E-state index in [0.717, 1.165) is 44.7 Å². The average molecular weight is 289 g/mol. The molecule has 1 amide bonds. The summed E-state index contributed by atoms with van der Waals surface area (Å²) in [4.78, 5) is 20.6. The highest BCUT2D eigenvalue weighted by Crippen LogP contribution is 2.39. The van der Waals surface area contributed by atoms with Crippen LogP contribution in [-0.4, -0.2) is 53.7 Å². The molecule has 0 aromatic carbocycles. The first-order chi connectivity index (χ1) is 10.2. The van der Waals surface area contributed by atoms with Crippen molar-refractivity contribution >= 4 is 11.7 Å². The maximum atomic E-state index is 12.0. The summed E-state index contributed by atoms with van der Waals surface area (Å²) < 4.78 is 0. The predicted molar refractivity (Wildman–Crippen MR) is 81.0 cm³/mol. The van der Waals surface area contributed by atoms with Gasteiger partial charge in [0.25, 0.3) is 0 Å². The zero-order chi connectivity index (χ0) is 14.7. The number of hydrogen-bond acceptors (Lipinski definition) is 4. The van der Waals surface area contributed by atoms with Crippen LogP contribution in [0, 0.1) is 5.41 Å². The Balaban J connectivity index is 1.74. The number of carbonyl (C=O) groups excluding carboxylic acids is 1. The highest BCUT2D eigenvalue weighted by Gasteiger charge is 2.41. The highest BCUT2D eigenvalue weighted by atomic mass is 16.3. The lowest BCUT2D eigenvalue weighted by molar-refractivity contribution is -0.138. The van der Waals surface area contributed by atoms with Gasteiger partial charge in [-0.2, -0.15) is 0 Å². The summed E-state index contributed by atoms with van der Waals surface area (Å²) in [6.07, 6.45) is 5.69. The van der Waals surface area contributed by atoms with E-state index in [1.54, 1.807) is 0 Å². The highest BCUT2D eigenvalue weighted by molar-refractivity contribution is 5.77. The van der Waals surface area contributed by atoms with E-state index in [4.69, 9.17) is 5.11 Å². The van der Waals surface area contributed by atoms with Crippen LogP contribution >= 0.6 is 0 Å². The van der Waals surface area contributed by atoms with Gasteiger partial charge in [-0.3, -0.25) is 4.79 Å². The molecule has 0 radical (unpaired) electrons. The Morgan fingerprint density at radius 1 is 1.29 bits per heavy atom. The SMILES string of the molecule is O=C1CC[C@]2(CCCN(c3ccccn3)C2)CN1CCO. The van der Waals surface area contributed by atoms with E-state index < -0.39 is 0 Å². The first-order valence-electron chi connectivity index (χ1n) is 7.77. The van der Waals surface area contributed by atoms with E-state index in [-0.39, 0.29) is 17.9 Å². The molecule has 1 aromatic rings. The van der Waals surface area contributed by atoms with Crippen molar-refractivity contribution in [2.45, 2.75) is 25.7 Å². The summed E-state index contributed by atoms with van der Waals surface area (Å²) in [5.41, 5.74) is 0.166. The van der Waals surface area contributed by atoms with Crippen LogP contribution in [0.5, 0.6) is 0 Å². The number of β-amino-alcohol motifs (C(OH)–C–C–N with tert-alkyl or cyclic N) is 1. The molecule has 0 unspecified atom stereocenters. The minimum absolute atomic E-state index is 0.0474. The molecule has 2 saturated heterocycles. The molecule has 2 fully saturated rings. The molecule has 5 nitrogen and oxygen atoms in total. The van der Waals surface area contributed by atoms with Crippen LogP contribution in [0.15, 0.2) is 24.4 Å². The lowest BCUT2D eigenvalue weighted by atomic mass is 9.73. The first kappa shape index (κ1) is 14.3. The van der Waals surface area contributed by atoms with Gasteiger partial charge in [0.2, 0.25) is 5.91 Å². The molecule has 2 aliphatic rings. The molecule has 1 atom stereocenters. The van der Waals surface area contributed by atoms with Gasteiger partial charge in [-0.05, 0) is 31.4 Å². The fourth-order valence-corrected chi connectivity index (χ4v) is 3.70. The number of carbonyl (C=O) groups is 1. The van der Waals surface area contributed by atoms with Crippen molar-refractivity contribution in [2.24, 2.45) is 5.41 Å². The van der Waals surface area contributed by atoms with Crippen LogP contribution in [0.1, 0.15) is 25.7 Å². The number of aliphatic hydroxyl groups is 1.